The highest BCUT2D eigenvalue weighted by atomic mass is 19.1. The summed E-state index contributed by atoms with van der Waals surface area (Å²) in [6.45, 7) is 6.93. The Morgan fingerprint density at radius 1 is 1.26 bits per heavy atom. The Labute approximate surface area is 181 Å². The predicted octanol–water partition coefficient (Wildman–Crippen LogP) is 4.18. The van der Waals surface area contributed by atoms with E-state index < -0.39 is 35.6 Å². The molecule has 3 N–H and O–H groups in total. The van der Waals surface area contributed by atoms with Gasteiger partial charge in [0, 0.05) is 17.4 Å². The second-order valence-corrected chi connectivity index (χ2v) is 8.78. The van der Waals surface area contributed by atoms with Gasteiger partial charge in [0.25, 0.3) is 0 Å². The van der Waals surface area contributed by atoms with Gasteiger partial charge in [-0.1, -0.05) is 6.92 Å². The Morgan fingerprint density at radius 3 is 2.71 bits per heavy atom. The molecule has 8 heteroatoms. The minimum absolute atomic E-state index is 0.261. The monoisotopic (exact) mass is 429 g/mol. The molecular weight excluding hydrogens is 401 g/mol. The van der Waals surface area contributed by atoms with E-state index in [0.29, 0.717) is 28.9 Å². The Balaban J connectivity index is 2.04. The van der Waals surface area contributed by atoms with Crippen LogP contribution in [0.15, 0.2) is 36.5 Å². The number of aromatic nitrogens is 1. The number of fused-ring (bicyclic) bond motifs is 4. The Bertz CT molecular complexity index is 974. The molecule has 0 saturated carbocycles. The number of anilines is 1. The number of rotatable bonds is 1. The molecule has 0 saturated heterocycles. The molecule has 31 heavy (non-hydrogen) atoms. The van der Waals surface area contributed by atoms with E-state index in [2.05, 4.69) is 15.6 Å². The molecule has 2 bridgehead atoms. The molecule has 2 aromatic rings. The molecule has 3 rings (SSSR count). The molecule has 1 aliphatic rings. The van der Waals surface area contributed by atoms with Crippen molar-refractivity contribution in [1.82, 2.24) is 10.3 Å². The summed E-state index contributed by atoms with van der Waals surface area (Å²) in [6, 6.07) is 6.98. The maximum Gasteiger partial charge on any atom is 0.408 e. The average molecular weight is 429 g/mol. The molecule has 2 amide bonds. The van der Waals surface area contributed by atoms with Crippen LogP contribution in [0.25, 0.3) is 11.1 Å². The number of amides is 2. The molecule has 7 nitrogen and oxygen atoms in total. The summed E-state index contributed by atoms with van der Waals surface area (Å²) in [4.78, 5) is 29.5. The number of hydrogen-bond donors (Lipinski definition) is 3. The first-order chi connectivity index (χ1) is 14.5. The average Bonchev–Trinajstić information content (AvgIpc) is 2.69. The van der Waals surface area contributed by atoms with Gasteiger partial charge in [0.1, 0.15) is 11.4 Å². The number of nitrogens with zero attached hydrogens (tertiary/aromatic N) is 1. The zero-order chi connectivity index (χ0) is 22.8. The standard InChI is InChI=1S/C23H28FN3O4/c1-13-20(28)8-7-18(27-22(30)31-23(2,3)4)19-11-14(9-10-25-19)16-12-15(24)5-6-17(16)26-21(13)29/h5-6,9-13,18,20,28H,7-8H2,1-4H3,(H,26,29)(H,27,30)/t13-,18+,20?/m1/s1. The summed E-state index contributed by atoms with van der Waals surface area (Å²) in [6.07, 6.45) is 0.621. The van der Waals surface area contributed by atoms with Crippen molar-refractivity contribution in [3.05, 3.63) is 48.0 Å². The van der Waals surface area contributed by atoms with E-state index >= 15 is 0 Å². The number of hydrogen-bond acceptors (Lipinski definition) is 5. The van der Waals surface area contributed by atoms with Crippen LogP contribution in [0.3, 0.4) is 0 Å². The van der Waals surface area contributed by atoms with Gasteiger partial charge in [-0.25, -0.2) is 9.18 Å². The third kappa shape index (κ3) is 5.79. The topological polar surface area (TPSA) is 101 Å². The summed E-state index contributed by atoms with van der Waals surface area (Å²) < 4.78 is 19.4. The highest BCUT2D eigenvalue weighted by molar-refractivity contribution is 5.97. The van der Waals surface area contributed by atoms with Gasteiger partial charge in [0.2, 0.25) is 5.91 Å². The van der Waals surface area contributed by atoms with E-state index in [1.165, 1.54) is 18.2 Å². The van der Waals surface area contributed by atoms with Crippen LogP contribution in [0.5, 0.6) is 0 Å². The van der Waals surface area contributed by atoms with Gasteiger partial charge in [-0.15, -0.1) is 0 Å². The number of nitrogens with one attached hydrogen (secondary N) is 2. The lowest BCUT2D eigenvalue weighted by Crippen LogP contribution is -2.36. The number of aliphatic hydroxyl groups is 1. The number of alkyl carbamates (subject to hydrolysis) is 1. The number of benzene rings is 1. The summed E-state index contributed by atoms with van der Waals surface area (Å²) in [5.74, 6) is -1.52. The first-order valence-corrected chi connectivity index (χ1v) is 10.3. The second-order valence-electron chi connectivity index (χ2n) is 8.78. The van der Waals surface area contributed by atoms with Gasteiger partial charge in [0.05, 0.1) is 23.8 Å². The van der Waals surface area contributed by atoms with Gasteiger partial charge >= 0.3 is 6.09 Å². The second kappa shape index (κ2) is 9.01. The lowest BCUT2D eigenvalue weighted by Gasteiger charge is -2.26. The van der Waals surface area contributed by atoms with Crippen molar-refractivity contribution in [2.45, 2.75) is 58.3 Å². The van der Waals surface area contributed by atoms with Crippen molar-refractivity contribution in [3.63, 3.8) is 0 Å². The Morgan fingerprint density at radius 2 is 2.00 bits per heavy atom. The van der Waals surface area contributed by atoms with Crippen molar-refractivity contribution >= 4 is 17.7 Å². The van der Waals surface area contributed by atoms with Crippen LogP contribution in [-0.4, -0.2) is 33.8 Å². The number of aliphatic hydroxyl groups excluding tert-OH is 1. The highest BCUT2D eigenvalue weighted by Crippen LogP contribution is 2.32. The molecule has 1 aromatic carbocycles. The van der Waals surface area contributed by atoms with Crippen molar-refractivity contribution in [1.29, 1.82) is 0 Å². The largest absolute Gasteiger partial charge is 0.444 e. The fourth-order valence-corrected chi connectivity index (χ4v) is 3.42. The number of pyridine rings is 1. The fourth-order valence-electron chi connectivity index (χ4n) is 3.42. The SMILES string of the molecule is C[C@H]1C(=O)Nc2ccc(F)cc2-c2ccnc(c2)[C@@H](NC(=O)OC(C)(C)C)CCC1O. The van der Waals surface area contributed by atoms with E-state index in [-0.39, 0.29) is 12.3 Å². The van der Waals surface area contributed by atoms with Crippen molar-refractivity contribution in [2.24, 2.45) is 5.92 Å². The van der Waals surface area contributed by atoms with Gasteiger partial charge in [-0.05, 0) is 69.5 Å². The Kier molecular flexibility index (Phi) is 6.59. The summed E-state index contributed by atoms with van der Waals surface area (Å²) in [5, 5.41) is 16.2. The van der Waals surface area contributed by atoms with Crippen LogP contribution < -0.4 is 10.6 Å². The lowest BCUT2D eigenvalue weighted by molar-refractivity contribution is -0.122. The van der Waals surface area contributed by atoms with Gasteiger partial charge in [-0.2, -0.15) is 0 Å². The molecule has 3 atom stereocenters. The van der Waals surface area contributed by atoms with Gasteiger partial charge in [0.15, 0.2) is 0 Å². The molecule has 1 aliphatic heterocycles. The number of carbonyl (C=O) groups excluding carboxylic acids is 2. The van der Waals surface area contributed by atoms with E-state index in [1.54, 1.807) is 46.0 Å². The quantitative estimate of drug-likeness (QED) is 0.631. The summed E-state index contributed by atoms with van der Waals surface area (Å²) in [7, 11) is 0. The van der Waals surface area contributed by atoms with E-state index in [1.807, 2.05) is 0 Å². The van der Waals surface area contributed by atoms with Crippen LogP contribution in [0.2, 0.25) is 0 Å². The van der Waals surface area contributed by atoms with E-state index in [9.17, 15) is 19.1 Å². The zero-order valence-corrected chi connectivity index (χ0v) is 18.1. The molecule has 1 unspecified atom stereocenters. The minimum atomic E-state index is -0.936. The maximum atomic E-state index is 14.0. The van der Waals surface area contributed by atoms with Crippen molar-refractivity contribution in [2.75, 3.05) is 5.32 Å². The molecule has 2 heterocycles. The van der Waals surface area contributed by atoms with E-state index in [0.717, 1.165) is 0 Å². The maximum absolute atomic E-state index is 14.0. The fraction of sp³-hybridized carbons (Fsp3) is 0.435. The third-order valence-electron chi connectivity index (χ3n) is 5.12. The number of carbonyl (C=O) groups is 2. The molecule has 1 aromatic heterocycles. The van der Waals surface area contributed by atoms with Crippen LogP contribution in [0.1, 0.15) is 52.3 Å². The molecule has 0 radical (unpaired) electrons. The summed E-state index contributed by atoms with van der Waals surface area (Å²) >= 11 is 0. The molecule has 0 fully saturated rings. The lowest BCUT2D eigenvalue weighted by atomic mass is 9.93. The molecule has 0 spiro atoms. The highest BCUT2D eigenvalue weighted by Gasteiger charge is 2.27. The smallest absolute Gasteiger partial charge is 0.408 e. The first-order valence-electron chi connectivity index (χ1n) is 10.3. The Hall–Kier alpha value is -3.00. The van der Waals surface area contributed by atoms with Crippen molar-refractivity contribution < 1.29 is 23.8 Å². The number of ether oxygens (including phenoxy) is 1. The first kappa shape index (κ1) is 22.7. The van der Waals surface area contributed by atoms with Gasteiger partial charge < -0.3 is 20.5 Å². The minimum Gasteiger partial charge on any atom is -0.444 e. The normalized spacial score (nSPS) is 21.7. The predicted molar refractivity (Wildman–Crippen MR) is 115 cm³/mol. The van der Waals surface area contributed by atoms with Crippen LogP contribution in [-0.2, 0) is 9.53 Å². The number of halogens is 1. The van der Waals surface area contributed by atoms with Crippen LogP contribution in [0.4, 0.5) is 14.9 Å². The van der Waals surface area contributed by atoms with Crippen LogP contribution >= 0.6 is 0 Å². The zero-order valence-electron chi connectivity index (χ0n) is 18.1. The molecule has 166 valence electrons. The third-order valence-corrected chi connectivity index (χ3v) is 5.12. The molecular formula is C23H28FN3O4. The molecule has 0 aliphatic carbocycles. The van der Waals surface area contributed by atoms with Gasteiger partial charge in [-0.3, -0.25) is 9.78 Å². The van der Waals surface area contributed by atoms with E-state index in [4.69, 9.17) is 4.74 Å². The summed E-state index contributed by atoms with van der Waals surface area (Å²) in [5.41, 5.74) is 1.43. The van der Waals surface area contributed by atoms with Crippen LogP contribution in [0, 0.1) is 11.7 Å². The van der Waals surface area contributed by atoms with Crippen molar-refractivity contribution in [3.8, 4) is 11.1 Å².